The molecule has 2 N–H and O–H groups in total. The standard InChI is InChI=1S/C28H28N2O3S/c1-3-4-17-33-23-15-13-21(14-16-23)19(2)29-27(31)22-11-9-20(10-12-22)18-26-28(32)30-24-7-5-6-8-25(24)34-26/h5-16,18-19H,3-4,17H2,1-2H3,(H,29,31)(H,30,32)/b26-18+/t19-/m1/s1. The second-order valence-corrected chi connectivity index (χ2v) is 9.23. The number of thioether (sulfide) groups is 1. The summed E-state index contributed by atoms with van der Waals surface area (Å²) in [6.45, 7) is 4.81. The maximum Gasteiger partial charge on any atom is 0.262 e. The molecule has 0 bridgehead atoms. The minimum absolute atomic E-state index is 0.124. The number of unbranched alkanes of at least 4 members (excludes halogenated alkanes) is 1. The van der Waals surface area contributed by atoms with Crippen molar-refractivity contribution in [1.29, 1.82) is 0 Å². The van der Waals surface area contributed by atoms with Gasteiger partial charge in [-0.1, -0.05) is 61.5 Å². The Hall–Kier alpha value is -3.51. The highest BCUT2D eigenvalue weighted by atomic mass is 32.2. The van der Waals surface area contributed by atoms with Crippen molar-refractivity contribution in [3.8, 4) is 5.75 Å². The first kappa shape index (κ1) is 23.6. The number of hydrogen-bond donors (Lipinski definition) is 2. The van der Waals surface area contributed by atoms with E-state index in [1.807, 2.05) is 73.7 Å². The van der Waals surface area contributed by atoms with Crippen molar-refractivity contribution in [2.75, 3.05) is 11.9 Å². The van der Waals surface area contributed by atoms with E-state index in [0.717, 1.165) is 40.3 Å². The van der Waals surface area contributed by atoms with Gasteiger partial charge >= 0.3 is 0 Å². The third-order valence-corrected chi connectivity index (χ3v) is 6.64. The van der Waals surface area contributed by atoms with E-state index in [9.17, 15) is 9.59 Å². The van der Waals surface area contributed by atoms with Crippen molar-refractivity contribution in [3.05, 3.63) is 94.4 Å². The first-order valence-corrected chi connectivity index (χ1v) is 12.3. The van der Waals surface area contributed by atoms with Gasteiger partial charge in [0, 0.05) is 10.5 Å². The van der Waals surface area contributed by atoms with Gasteiger partial charge in [-0.25, -0.2) is 0 Å². The van der Waals surface area contributed by atoms with Crippen LogP contribution in [0.4, 0.5) is 5.69 Å². The number of carbonyl (C=O) groups excluding carboxylic acids is 2. The highest BCUT2D eigenvalue weighted by Gasteiger charge is 2.20. The molecule has 1 heterocycles. The molecule has 1 aliphatic rings. The van der Waals surface area contributed by atoms with Crippen molar-refractivity contribution in [1.82, 2.24) is 5.32 Å². The molecular formula is C28H28N2O3S. The van der Waals surface area contributed by atoms with Gasteiger partial charge in [-0.3, -0.25) is 9.59 Å². The molecule has 5 nitrogen and oxygen atoms in total. The van der Waals surface area contributed by atoms with Crippen LogP contribution in [0.1, 0.15) is 54.2 Å². The molecule has 2 amide bonds. The number of amides is 2. The molecule has 0 saturated heterocycles. The van der Waals surface area contributed by atoms with Gasteiger partial charge in [-0.15, -0.1) is 0 Å². The Morgan fingerprint density at radius 3 is 2.53 bits per heavy atom. The Morgan fingerprint density at radius 1 is 1.06 bits per heavy atom. The number of rotatable bonds is 8. The Labute approximate surface area is 204 Å². The number of benzene rings is 3. The molecule has 34 heavy (non-hydrogen) atoms. The van der Waals surface area contributed by atoms with Crippen LogP contribution in [0.15, 0.2) is 82.6 Å². The van der Waals surface area contributed by atoms with Gasteiger partial charge in [0.25, 0.3) is 11.8 Å². The minimum atomic E-state index is -0.145. The van der Waals surface area contributed by atoms with E-state index < -0.39 is 0 Å². The van der Waals surface area contributed by atoms with Gasteiger partial charge in [0.1, 0.15) is 5.75 Å². The Morgan fingerprint density at radius 2 is 1.79 bits per heavy atom. The monoisotopic (exact) mass is 472 g/mol. The third-order valence-electron chi connectivity index (χ3n) is 5.54. The van der Waals surface area contributed by atoms with Gasteiger partial charge < -0.3 is 15.4 Å². The second kappa shape index (κ2) is 11.1. The molecule has 174 valence electrons. The lowest BCUT2D eigenvalue weighted by molar-refractivity contribution is -0.112. The lowest BCUT2D eigenvalue weighted by Gasteiger charge is -2.18. The molecule has 0 aliphatic carbocycles. The molecule has 0 saturated carbocycles. The molecule has 0 spiro atoms. The molecule has 1 atom stereocenters. The van der Waals surface area contributed by atoms with Gasteiger partial charge in [-0.2, -0.15) is 0 Å². The molecule has 4 rings (SSSR count). The van der Waals surface area contributed by atoms with Crippen LogP contribution in [0.3, 0.4) is 0 Å². The van der Waals surface area contributed by atoms with Gasteiger partial charge in [0.05, 0.1) is 23.2 Å². The molecule has 0 fully saturated rings. The van der Waals surface area contributed by atoms with Gasteiger partial charge in [0.2, 0.25) is 0 Å². The van der Waals surface area contributed by atoms with Crippen LogP contribution in [0.2, 0.25) is 0 Å². The largest absolute Gasteiger partial charge is 0.494 e. The molecule has 6 heteroatoms. The highest BCUT2D eigenvalue weighted by molar-refractivity contribution is 8.04. The van der Waals surface area contributed by atoms with Crippen molar-refractivity contribution in [2.24, 2.45) is 0 Å². The molecule has 3 aromatic carbocycles. The predicted octanol–water partition coefficient (Wildman–Crippen LogP) is 6.44. The van der Waals surface area contributed by atoms with E-state index >= 15 is 0 Å². The fourth-order valence-corrected chi connectivity index (χ4v) is 4.49. The first-order valence-electron chi connectivity index (χ1n) is 11.5. The summed E-state index contributed by atoms with van der Waals surface area (Å²) >= 11 is 1.44. The molecule has 1 aliphatic heterocycles. The summed E-state index contributed by atoms with van der Waals surface area (Å²) in [6, 6.07) is 22.7. The highest BCUT2D eigenvalue weighted by Crippen LogP contribution is 2.38. The van der Waals surface area contributed by atoms with E-state index in [1.165, 1.54) is 11.8 Å². The summed E-state index contributed by atoms with van der Waals surface area (Å²) in [5, 5.41) is 5.95. The second-order valence-electron chi connectivity index (χ2n) is 8.15. The number of hydrogen-bond acceptors (Lipinski definition) is 4. The van der Waals surface area contributed by atoms with Crippen LogP contribution in [0.5, 0.6) is 5.75 Å². The smallest absolute Gasteiger partial charge is 0.262 e. The predicted molar refractivity (Wildman–Crippen MR) is 138 cm³/mol. The summed E-state index contributed by atoms with van der Waals surface area (Å²) < 4.78 is 5.70. The summed E-state index contributed by atoms with van der Waals surface area (Å²) in [5.74, 6) is 0.573. The Bertz CT molecular complexity index is 1190. The summed E-state index contributed by atoms with van der Waals surface area (Å²) in [5.41, 5.74) is 3.27. The summed E-state index contributed by atoms with van der Waals surface area (Å²) in [6.07, 6.45) is 3.97. The number of fused-ring (bicyclic) bond motifs is 1. The number of carbonyl (C=O) groups is 2. The normalized spacial score (nSPS) is 14.8. The van der Waals surface area contributed by atoms with E-state index in [2.05, 4.69) is 17.6 Å². The van der Waals surface area contributed by atoms with Crippen LogP contribution >= 0.6 is 11.8 Å². The number of nitrogens with one attached hydrogen (secondary N) is 2. The minimum Gasteiger partial charge on any atom is -0.494 e. The third kappa shape index (κ3) is 5.88. The SMILES string of the molecule is CCCCOc1ccc([C@@H](C)NC(=O)c2ccc(/C=C3/Sc4ccccc4NC3=O)cc2)cc1. The zero-order valence-corrected chi connectivity index (χ0v) is 20.2. The number of para-hydroxylation sites is 1. The first-order chi connectivity index (χ1) is 16.5. The maximum atomic E-state index is 12.7. The van der Waals surface area contributed by atoms with Gasteiger partial charge in [-0.05, 0) is 66.9 Å². The van der Waals surface area contributed by atoms with Crippen LogP contribution in [0, 0.1) is 0 Å². The molecule has 0 radical (unpaired) electrons. The van der Waals surface area contributed by atoms with Gasteiger partial charge in [0.15, 0.2) is 0 Å². The quantitative estimate of drug-likeness (QED) is 0.292. The van der Waals surface area contributed by atoms with E-state index in [-0.39, 0.29) is 17.9 Å². The fourth-order valence-electron chi connectivity index (χ4n) is 3.54. The lowest BCUT2D eigenvalue weighted by atomic mass is 10.1. The van der Waals surface area contributed by atoms with Crippen LogP contribution in [-0.4, -0.2) is 18.4 Å². The number of ether oxygens (including phenoxy) is 1. The maximum absolute atomic E-state index is 12.7. The topological polar surface area (TPSA) is 67.4 Å². The zero-order valence-electron chi connectivity index (χ0n) is 19.3. The zero-order chi connectivity index (χ0) is 23.9. The van der Waals surface area contributed by atoms with Crippen LogP contribution in [0.25, 0.3) is 6.08 Å². The lowest BCUT2D eigenvalue weighted by Crippen LogP contribution is -2.26. The molecule has 3 aromatic rings. The van der Waals surface area contributed by atoms with E-state index in [1.54, 1.807) is 12.1 Å². The molecule has 0 aromatic heterocycles. The van der Waals surface area contributed by atoms with Crippen molar-refractivity contribution in [3.63, 3.8) is 0 Å². The fraction of sp³-hybridized carbons (Fsp3) is 0.214. The van der Waals surface area contributed by atoms with Crippen LogP contribution < -0.4 is 15.4 Å². The Kier molecular flexibility index (Phi) is 7.70. The van der Waals surface area contributed by atoms with Crippen molar-refractivity contribution < 1.29 is 14.3 Å². The Balaban J connectivity index is 1.37. The van der Waals surface area contributed by atoms with E-state index in [4.69, 9.17) is 4.74 Å². The molecular weight excluding hydrogens is 444 g/mol. The van der Waals surface area contributed by atoms with Crippen molar-refractivity contribution >= 4 is 35.3 Å². The molecule has 0 unspecified atom stereocenters. The van der Waals surface area contributed by atoms with E-state index in [0.29, 0.717) is 17.1 Å². The van der Waals surface area contributed by atoms with Crippen molar-refractivity contribution in [2.45, 2.75) is 37.6 Å². The van der Waals surface area contributed by atoms with Crippen LogP contribution in [-0.2, 0) is 4.79 Å². The average Bonchev–Trinajstić information content (AvgIpc) is 2.85. The average molecular weight is 473 g/mol. The number of anilines is 1. The summed E-state index contributed by atoms with van der Waals surface area (Å²) in [7, 11) is 0. The summed E-state index contributed by atoms with van der Waals surface area (Å²) in [4.78, 5) is 26.8.